The van der Waals surface area contributed by atoms with E-state index >= 15 is 0 Å². The monoisotopic (exact) mass is 618 g/mol. The quantitative estimate of drug-likeness (QED) is 0.239. The third-order valence-corrected chi connectivity index (χ3v) is 8.27. The molecule has 0 saturated heterocycles. The van der Waals surface area contributed by atoms with E-state index in [1.54, 1.807) is 38.3 Å². The highest BCUT2D eigenvalue weighted by Crippen LogP contribution is 2.33. The largest absolute Gasteiger partial charge is 0.482 e. The Labute approximate surface area is 254 Å². The van der Waals surface area contributed by atoms with E-state index in [2.05, 4.69) is 5.32 Å². The molecule has 9 nitrogen and oxygen atoms in total. The number of rotatable bonds is 5. The summed E-state index contributed by atoms with van der Waals surface area (Å²) in [5, 5.41) is 10.7. The summed E-state index contributed by atoms with van der Waals surface area (Å²) in [6, 6.07) is 20.1. The number of fused-ring (bicyclic) bond motifs is 1. The Morgan fingerprint density at radius 2 is 1.83 bits per heavy atom. The summed E-state index contributed by atoms with van der Waals surface area (Å²) in [4.78, 5) is 30.9. The molecule has 0 bridgehead atoms. The topological polar surface area (TPSA) is 94.9 Å². The zero-order valence-electron chi connectivity index (χ0n) is 22.8. The van der Waals surface area contributed by atoms with Gasteiger partial charge in [-0.25, -0.2) is 14.4 Å². The zero-order chi connectivity index (χ0) is 29.5. The molecule has 0 unspecified atom stereocenters. The van der Waals surface area contributed by atoms with Gasteiger partial charge in [0.05, 0.1) is 28.5 Å². The van der Waals surface area contributed by atoms with Crippen LogP contribution >= 0.6 is 34.5 Å². The van der Waals surface area contributed by atoms with Crippen LogP contribution in [0.15, 0.2) is 87.0 Å². The van der Waals surface area contributed by atoms with E-state index in [0.29, 0.717) is 54.6 Å². The summed E-state index contributed by atoms with van der Waals surface area (Å²) in [7, 11) is 1.82. The highest BCUT2D eigenvalue weighted by molar-refractivity contribution is 7.07. The average molecular weight is 620 g/mol. The van der Waals surface area contributed by atoms with Crippen LogP contribution < -0.4 is 20.4 Å². The van der Waals surface area contributed by atoms with Crippen LogP contribution in [0.25, 0.3) is 16.9 Å². The van der Waals surface area contributed by atoms with Gasteiger partial charge >= 0.3 is 0 Å². The minimum absolute atomic E-state index is 0.0331. The van der Waals surface area contributed by atoms with Crippen molar-refractivity contribution in [3.8, 4) is 22.7 Å². The molecule has 212 valence electrons. The minimum Gasteiger partial charge on any atom is -0.482 e. The van der Waals surface area contributed by atoms with Crippen molar-refractivity contribution in [2.45, 2.75) is 13.8 Å². The average Bonchev–Trinajstić information content (AvgIpc) is 3.47. The Morgan fingerprint density at radius 1 is 1.05 bits per heavy atom. The fourth-order valence-corrected chi connectivity index (χ4v) is 5.93. The number of aromatic nitrogens is 3. The maximum Gasteiger partial charge on any atom is 0.297 e. The minimum atomic E-state index is -0.255. The summed E-state index contributed by atoms with van der Waals surface area (Å²) >= 11 is 14.1. The summed E-state index contributed by atoms with van der Waals surface area (Å²) in [6.45, 7) is 3.65. The molecular weight excluding hydrogens is 595 g/mol. The molecule has 3 aromatic carbocycles. The van der Waals surface area contributed by atoms with Crippen LogP contribution in [0, 0.1) is 6.92 Å². The van der Waals surface area contributed by atoms with E-state index in [4.69, 9.17) is 38.0 Å². The van der Waals surface area contributed by atoms with Gasteiger partial charge in [-0.2, -0.15) is 5.10 Å². The van der Waals surface area contributed by atoms with Gasteiger partial charge in [-0.15, -0.1) is 11.3 Å². The predicted molar refractivity (Wildman–Crippen MR) is 167 cm³/mol. The number of thiazole rings is 1. The molecule has 0 radical (unpaired) electrons. The van der Waals surface area contributed by atoms with Crippen molar-refractivity contribution < 1.29 is 9.53 Å². The number of carbonyl (C=O) groups is 1. The normalized spacial score (nSPS) is 13.6. The predicted octanol–water partition coefficient (Wildman–Crippen LogP) is 6.16. The summed E-state index contributed by atoms with van der Waals surface area (Å²) in [5.74, 6) is 0.351. The number of nitrogens with one attached hydrogen (secondary N) is 1. The van der Waals surface area contributed by atoms with E-state index in [-0.39, 0.29) is 18.1 Å². The fraction of sp³-hybridized carbons (Fsp3) is 0.133. The molecule has 0 spiro atoms. The Morgan fingerprint density at radius 3 is 2.62 bits per heavy atom. The van der Waals surface area contributed by atoms with Crippen molar-refractivity contribution in [3.05, 3.63) is 109 Å². The SMILES string of the molecule is CC(=Nn1c(-c2ccc3c(c2)NC(=O)CO3)csc1=Nc1c(C)n(C)n(-c2ccccc2)c1=O)c1cc(Cl)ccc1Cl. The van der Waals surface area contributed by atoms with Gasteiger partial charge in [0.1, 0.15) is 5.75 Å². The Bertz CT molecular complexity index is 2020. The number of carbonyl (C=O) groups excluding carboxylic acids is 1. The number of ether oxygens (including phenoxy) is 1. The maximum atomic E-state index is 13.6. The zero-order valence-corrected chi connectivity index (χ0v) is 25.1. The molecule has 0 fully saturated rings. The molecule has 0 atom stereocenters. The fourth-order valence-electron chi connectivity index (χ4n) is 4.67. The van der Waals surface area contributed by atoms with E-state index < -0.39 is 0 Å². The lowest BCUT2D eigenvalue weighted by atomic mass is 10.1. The first kappa shape index (κ1) is 27.8. The second kappa shape index (κ2) is 11.1. The van der Waals surface area contributed by atoms with E-state index in [1.165, 1.54) is 11.3 Å². The van der Waals surface area contributed by atoms with Crippen LogP contribution in [0.3, 0.4) is 0 Å². The highest BCUT2D eigenvalue weighted by Gasteiger charge is 2.20. The van der Waals surface area contributed by atoms with Crippen molar-refractivity contribution in [1.29, 1.82) is 0 Å². The molecule has 0 saturated carbocycles. The van der Waals surface area contributed by atoms with Gasteiger partial charge in [-0.3, -0.25) is 14.3 Å². The van der Waals surface area contributed by atoms with Crippen LogP contribution in [0.1, 0.15) is 18.2 Å². The molecule has 2 aromatic heterocycles. The molecule has 1 N–H and O–H groups in total. The highest BCUT2D eigenvalue weighted by atomic mass is 35.5. The van der Waals surface area contributed by atoms with Gasteiger partial charge in [0.15, 0.2) is 12.3 Å². The number of nitrogens with zero attached hydrogens (tertiary/aromatic N) is 5. The Balaban J connectivity index is 1.57. The lowest BCUT2D eigenvalue weighted by Gasteiger charge is -2.18. The number of hydrogen-bond acceptors (Lipinski definition) is 6. The van der Waals surface area contributed by atoms with Gasteiger partial charge in [0.2, 0.25) is 4.80 Å². The molecular formula is C30H24Cl2N6O3S. The van der Waals surface area contributed by atoms with Crippen molar-refractivity contribution in [1.82, 2.24) is 14.0 Å². The number of anilines is 1. The van der Waals surface area contributed by atoms with E-state index in [1.807, 2.05) is 68.7 Å². The van der Waals surface area contributed by atoms with Crippen LogP contribution in [0.2, 0.25) is 10.0 Å². The molecule has 12 heteroatoms. The lowest BCUT2D eigenvalue weighted by Crippen LogP contribution is -2.25. The van der Waals surface area contributed by atoms with Crippen LogP contribution in [-0.2, 0) is 11.8 Å². The standard InChI is InChI=1S/C30H24Cl2N6O3S/c1-17(22-14-20(31)10-11-23(22)32)35-37-25(19-9-12-26-24(13-19)33-27(39)15-41-26)16-42-30(37)34-28-18(2)36(3)38(29(28)40)21-7-5-4-6-8-21/h4-14,16H,15H2,1-3H3,(H,33,39). The Kier molecular flexibility index (Phi) is 7.36. The second-order valence-electron chi connectivity index (χ2n) is 9.59. The Hall–Kier alpha value is -4.38. The van der Waals surface area contributed by atoms with Gasteiger partial charge < -0.3 is 10.1 Å². The van der Waals surface area contributed by atoms with Crippen molar-refractivity contribution in [3.63, 3.8) is 0 Å². The van der Waals surface area contributed by atoms with Crippen LogP contribution in [-0.4, -0.2) is 32.3 Å². The van der Waals surface area contributed by atoms with Crippen molar-refractivity contribution in [2.24, 2.45) is 17.1 Å². The summed E-state index contributed by atoms with van der Waals surface area (Å²) < 4.78 is 10.6. The summed E-state index contributed by atoms with van der Waals surface area (Å²) in [5.41, 5.74) is 4.72. The van der Waals surface area contributed by atoms with E-state index in [0.717, 1.165) is 11.3 Å². The first-order chi connectivity index (χ1) is 20.2. The smallest absolute Gasteiger partial charge is 0.297 e. The third-order valence-electron chi connectivity index (χ3n) is 6.89. The van der Waals surface area contributed by atoms with Gasteiger partial charge in [-0.1, -0.05) is 41.4 Å². The van der Waals surface area contributed by atoms with Gasteiger partial charge in [-0.05, 0) is 62.4 Å². The van der Waals surface area contributed by atoms with Gasteiger partial charge in [0.25, 0.3) is 11.5 Å². The number of hydrogen-bond donors (Lipinski definition) is 1. The summed E-state index contributed by atoms with van der Waals surface area (Å²) in [6.07, 6.45) is 0. The van der Waals surface area contributed by atoms with Crippen LogP contribution in [0.4, 0.5) is 11.4 Å². The lowest BCUT2D eigenvalue weighted by molar-refractivity contribution is -0.118. The molecule has 0 aliphatic carbocycles. The molecule has 1 aliphatic rings. The van der Waals surface area contributed by atoms with Crippen LogP contribution in [0.5, 0.6) is 5.75 Å². The molecule has 1 amide bonds. The molecule has 3 heterocycles. The molecule has 5 aromatic rings. The molecule has 6 rings (SSSR count). The second-order valence-corrected chi connectivity index (χ2v) is 11.3. The van der Waals surface area contributed by atoms with E-state index in [9.17, 15) is 9.59 Å². The first-order valence-electron chi connectivity index (χ1n) is 12.9. The number of amides is 1. The maximum absolute atomic E-state index is 13.6. The first-order valence-corrected chi connectivity index (χ1v) is 14.5. The number of para-hydroxylation sites is 1. The number of halogens is 2. The number of benzene rings is 3. The van der Waals surface area contributed by atoms with Gasteiger partial charge in [0, 0.05) is 33.6 Å². The molecule has 42 heavy (non-hydrogen) atoms. The third kappa shape index (κ3) is 5.09. The van der Waals surface area contributed by atoms with Crippen molar-refractivity contribution >= 4 is 57.5 Å². The molecule has 1 aliphatic heterocycles. The van der Waals surface area contributed by atoms with Crippen molar-refractivity contribution in [2.75, 3.05) is 11.9 Å².